The highest BCUT2D eigenvalue weighted by Gasteiger charge is 2.10. The Morgan fingerprint density at radius 1 is 1.04 bits per heavy atom. The van der Waals surface area contributed by atoms with Gasteiger partial charge in [-0.1, -0.05) is 26.0 Å². The number of hydrogen-bond donors (Lipinski definition) is 2. The Kier molecular flexibility index (Phi) is 8.09. The van der Waals surface area contributed by atoms with Crippen LogP contribution in [0.5, 0.6) is 11.5 Å². The zero-order valence-corrected chi connectivity index (χ0v) is 16.1. The lowest BCUT2D eigenvalue weighted by molar-refractivity contribution is -0.111. The highest BCUT2D eigenvalue weighted by Crippen LogP contribution is 2.26. The van der Waals surface area contributed by atoms with Crippen LogP contribution in [0.3, 0.4) is 0 Å². The first-order valence-electron chi connectivity index (χ1n) is 9.26. The number of anilines is 1. The van der Waals surface area contributed by atoms with E-state index in [1.165, 1.54) is 12.1 Å². The average molecular weight is 383 g/mol. The van der Waals surface area contributed by atoms with Crippen molar-refractivity contribution in [3.63, 3.8) is 0 Å². The zero-order chi connectivity index (χ0) is 20.4. The van der Waals surface area contributed by atoms with E-state index < -0.39 is 11.9 Å². The van der Waals surface area contributed by atoms with E-state index in [9.17, 15) is 14.7 Å². The average Bonchev–Trinajstić information content (AvgIpc) is 2.70. The van der Waals surface area contributed by atoms with E-state index >= 15 is 0 Å². The molecule has 0 radical (unpaired) electrons. The molecule has 0 aliphatic heterocycles. The summed E-state index contributed by atoms with van der Waals surface area (Å²) in [6.45, 7) is 5.22. The number of benzene rings is 2. The van der Waals surface area contributed by atoms with Crippen LogP contribution in [-0.4, -0.2) is 30.2 Å². The lowest BCUT2D eigenvalue weighted by Gasteiger charge is -2.11. The number of ether oxygens (including phenoxy) is 2. The molecular weight excluding hydrogens is 358 g/mol. The molecule has 0 aromatic heterocycles. The maximum Gasteiger partial charge on any atom is 0.337 e. The lowest BCUT2D eigenvalue weighted by atomic mass is 10.1. The maximum absolute atomic E-state index is 12.2. The topological polar surface area (TPSA) is 84.9 Å². The smallest absolute Gasteiger partial charge is 0.337 e. The number of carbonyl (C=O) groups excluding carboxylic acids is 1. The van der Waals surface area contributed by atoms with Crippen molar-refractivity contribution in [1.29, 1.82) is 0 Å². The van der Waals surface area contributed by atoms with Crippen LogP contribution in [0.4, 0.5) is 5.69 Å². The molecule has 0 atom stereocenters. The molecule has 1 amide bonds. The predicted molar refractivity (Wildman–Crippen MR) is 109 cm³/mol. The van der Waals surface area contributed by atoms with E-state index in [-0.39, 0.29) is 11.3 Å². The quantitative estimate of drug-likeness (QED) is 0.585. The number of aromatic carboxylic acids is 1. The van der Waals surface area contributed by atoms with E-state index in [1.54, 1.807) is 24.3 Å². The second-order valence-electron chi connectivity index (χ2n) is 6.07. The van der Waals surface area contributed by atoms with Gasteiger partial charge in [0.2, 0.25) is 5.91 Å². The zero-order valence-electron chi connectivity index (χ0n) is 16.1. The summed E-state index contributed by atoms with van der Waals surface area (Å²) in [5.41, 5.74) is 1.02. The minimum absolute atomic E-state index is 0.0358. The van der Waals surface area contributed by atoms with Crippen LogP contribution in [0.1, 0.15) is 42.6 Å². The molecule has 0 fully saturated rings. The van der Waals surface area contributed by atoms with Crippen molar-refractivity contribution in [2.45, 2.75) is 26.7 Å². The van der Waals surface area contributed by atoms with E-state index in [0.29, 0.717) is 24.7 Å². The Bertz CT molecular complexity index is 845. The van der Waals surface area contributed by atoms with Gasteiger partial charge in [0.15, 0.2) is 0 Å². The molecule has 0 heterocycles. The second-order valence-corrected chi connectivity index (χ2v) is 6.07. The van der Waals surface area contributed by atoms with Crippen molar-refractivity contribution in [2.75, 3.05) is 18.5 Å². The highest BCUT2D eigenvalue weighted by molar-refractivity contribution is 6.06. The lowest BCUT2D eigenvalue weighted by Crippen LogP contribution is -2.11. The molecule has 0 saturated carbocycles. The van der Waals surface area contributed by atoms with Gasteiger partial charge in [0.1, 0.15) is 11.5 Å². The van der Waals surface area contributed by atoms with Crippen molar-refractivity contribution in [3.05, 3.63) is 59.7 Å². The molecule has 0 aliphatic rings. The number of carboxylic acid groups (broad SMARTS) is 1. The van der Waals surface area contributed by atoms with Crippen molar-refractivity contribution >= 4 is 23.6 Å². The largest absolute Gasteiger partial charge is 0.493 e. The molecule has 6 heteroatoms. The highest BCUT2D eigenvalue weighted by atomic mass is 16.5. The third kappa shape index (κ3) is 6.16. The van der Waals surface area contributed by atoms with Crippen LogP contribution in [0, 0.1) is 0 Å². The molecular formula is C22H25NO5. The van der Waals surface area contributed by atoms with Crippen LogP contribution in [0.25, 0.3) is 6.08 Å². The number of rotatable bonds is 10. The molecule has 0 spiro atoms. The van der Waals surface area contributed by atoms with Gasteiger partial charge in [-0.05, 0) is 43.2 Å². The van der Waals surface area contributed by atoms with Crippen molar-refractivity contribution in [2.24, 2.45) is 0 Å². The Labute approximate surface area is 164 Å². The minimum atomic E-state index is -1.10. The third-order valence-corrected chi connectivity index (χ3v) is 3.75. The standard InChI is InChI=1S/C22H25NO5/c1-3-13-27-17-11-9-16(20(15-17)28-14-4-2)10-12-21(24)23-19-8-6-5-7-18(19)22(25)26/h5-12,15H,3-4,13-14H2,1-2H3,(H,23,24)(H,25,26). The van der Waals surface area contributed by atoms with Gasteiger partial charge in [-0.25, -0.2) is 4.79 Å². The summed E-state index contributed by atoms with van der Waals surface area (Å²) < 4.78 is 11.4. The summed E-state index contributed by atoms with van der Waals surface area (Å²) in [7, 11) is 0. The van der Waals surface area contributed by atoms with Crippen molar-refractivity contribution < 1.29 is 24.2 Å². The molecule has 0 unspecified atom stereocenters. The first-order valence-corrected chi connectivity index (χ1v) is 9.26. The number of amides is 1. The van der Waals surface area contributed by atoms with Crippen LogP contribution in [0.15, 0.2) is 48.5 Å². The summed E-state index contributed by atoms with van der Waals surface area (Å²) in [6.07, 6.45) is 4.74. The first-order chi connectivity index (χ1) is 13.5. The minimum Gasteiger partial charge on any atom is -0.493 e. The van der Waals surface area contributed by atoms with Crippen LogP contribution in [0.2, 0.25) is 0 Å². The fourth-order valence-corrected chi connectivity index (χ4v) is 2.42. The summed E-state index contributed by atoms with van der Waals surface area (Å²) >= 11 is 0. The second kappa shape index (κ2) is 10.8. The molecule has 2 aromatic rings. The molecule has 148 valence electrons. The third-order valence-electron chi connectivity index (χ3n) is 3.75. The van der Waals surface area contributed by atoms with Crippen LogP contribution < -0.4 is 14.8 Å². The molecule has 2 aromatic carbocycles. The number of para-hydroxylation sites is 1. The van der Waals surface area contributed by atoms with Gasteiger partial charge < -0.3 is 19.9 Å². The molecule has 0 bridgehead atoms. The first kappa shape index (κ1) is 21.0. The van der Waals surface area contributed by atoms with Crippen LogP contribution in [-0.2, 0) is 4.79 Å². The number of hydrogen-bond acceptors (Lipinski definition) is 4. The molecule has 2 N–H and O–H groups in total. The van der Waals surface area contributed by atoms with Crippen molar-refractivity contribution in [3.8, 4) is 11.5 Å². The summed E-state index contributed by atoms with van der Waals surface area (Å²) in [5, 5.41) is 11.8. The van der Waals surface area contributed by atoms with Gasteiger partial charge in [-0.3, -0.25) is 4.79 Å². The molecule has 0 aliphatic carbocycles. The van der Waals surface area contributed by atoms with E-state index in [4.69, 9.17) is 9.47 Å². The number of carboxylic acids is 1. The molecule has 28 heavy (non-hydrogen) atoms. The molecule has 6 nitrogen and oxygen atoms in total. The van der Waals surface area contributed by atoms with Gasteiger partial charge in [0, 0.05) is 17.7 Å². The molecule has 2 rings (SSSR count). The maximum atomic E-state index is 12.2. The Hall–Kier alpha value is -3.28. The Balaban J connectivity index is 2.15. The van der Waals surface area contributed by atoms with E-state index in [2.05, 4.69) is 5.32 Å². The fourth-order valence-electron chi connectivity index (χ4n) is 2.42. The number of nitrogens with one attached hydrogen (secondary N) is 1. The summed E-state index contributed by atoms with van der Waals surface area (Å²) in [5.74, 6) is -0.186. The van der Waals surface area contributed by atoms with Crippen LogP contribution >= 0.6 is 0 Å². The summed E-state index contributed by atoms with van der Waals surface area (Å²) in [6, 6.07) is 11.7. The monoisotopic (exact) mass is 383 g/mol. The predicted octanol–water partition coefficient (Wildman–Crippen LogP) is 4.61. The number of carbonyl (C=O) groups is 2. The molecule has 0 saturated heterocycles. The van der Waals surface area contributed by atoms with E-state index in [0.717, 1.165) is 18.4 Å². The van der Waals surface area contributed by atoms with Gasteiger partial charge in [-0.15, -0.1) is 0 Å². The Morgan fingerprint density at radius 3 is 2.46 bits per heavy atom. The van der Waals surface area contributed by atoms with Gasteiger partial charge in [0.05, 0.1) is 24.5 Å². The Morgan fingerprint density at radius 2 is 1.75 bits per heavy atom. The summed E-state index contributed by atoms with van der Waals surface area (Å²) in [4.78, 5) is 23.5. The normalized spacial score (nSPS) is 10.6. The van der Waals surface area contributed by atoms with Gasteiger partial charge in [-0.2, -0.15) is 0 Å². The van der Waals surface area contributed by atoms with Gasteiger partial charge in [0.25, 0.3) is 0 Å². The van der Waals surface area contributed by atoms with Gasteiger partial charge >= 0.3 is 5.97 Å². The van der Waals surface area contributed by atoms with E-state index in [1.807, 2.05) is 32.0 Å². The fraction of sp³-hybridized carbons (Fsp3) is 0.273. The SMILES string of the molecule is CCCOc1ccc(C=CC(=O)Nc2ccccc2C(=O)O)c(OCCC)c1. The van der Waals surface area contributed by atoms with Crippen molar-refractivity contribution in [1.82, 2.24) is 0 Å².